The van der Waals surface area contributed by atoms with Crippen molar-refractivity contribution in [3.63, 3.8) is 0 Å². The zero-order chi connectivity index (χ0) is 19.0. The predicted molar refractivity (Wildman–Crippen MR) is 99.6 cm³/mol. The quantitative estimate of drug-likeness (QED) is 0.294. The normalized spacial score (nSPS) is 11.7. The molecule has 0 amide bonds. The van der Waals surface area contributed by atoms with Gasteiger partial charge >= 0.3 is 68.9 Å². The largest absolute Gasteiger partial charge is 1.00 e. The van der Waals surface area contributed by atoms with Gasteiger partial charge in [0.25, 0.3) is 0 Å². The molecule has 27 heavy (non-hydrogen) atoms. The molecule has 1 atom stereocenters. The average molecular weight is 507 g/mol. The second kappa shape index (κ2) is 12.2. The van der Waals surface area contributed by atoms with E-state index in [4.69, 9.17) is 22.4 Å². The summed E-state index contributed by atoms with van der Waals surface area (Å²) >= 11 is 0. The molecule has 0 aliphatic rings. The maximum Gasteiger partial charge on any atom is 1.00 e. The molecule has 0 fully saturated rings. The fourth-order valence-corrected chi connectivity index (χ4v) is 2.46. The fourth-order valence-electron chi connectivity index (χ4n) is 2.46. The van der Waals surface area contributed by atoms with E-state index in [0.29, 0.717) is 0 Å². The van der Waals surface area contributed by atoms with Crippen molar-refractivity contribution in [2.75, 3.05) is 0 Å². The van der Waals surface area contributed by atoms with E-state index in [9.17, 15) is 0 Å². The number of fused-ring (bicyclic) bond motifs is 1. The Morgan fingerprint density at radius 3 is 2.22 bits per heavy atom. The second-order valence-corrected chi connectivity index (χ2v) is 6.57. The van der Waals surface area contributed by atoms with Gasteiger partial charge in [0, 0.05) is 11.4 Å². The number of benzene rings is 3. The van der Waals surface area contributed by atoms with E-state index >= 15 is 0 Å². The minimum atomic E-state index is -4.92. The number of hydroxylamine groups is 1. The first-order valence-electron chi connectivity index (χ1n) is 7.95. The van der Waals surface area contributed by atoms with Gasteiger partial charge in [0.05, 0.1) is 0 Å². The summed E-state index contributed by atoms with van der Waals surface area (Å²) in [6.07, 6.45) is 0.936. The Morgan fingerprint density at radius 2 is 1.56 bits per heavy atom. The average Bonchev–Trinajstić information content (AvgIpc) is 2.59. The van der Waals surface area contributed by atoms with Gasteiger partial charge in [0.15, 0.2) is 5.75 Å². The molecule has 0 radical (unpaired) electrons. The Labute approximate surface area is 218 Å². The van der Waals surface area contributed by atoms with Gasteiger partial charge in [-0.15, -0.1) is 0 Å². The van der Waals surface area contributed by atoms with Crippen LogP contribution < -0.4 is 79.2 Å². The van der Waals surface area contributed by atoms with Gasteiger partial charge < -0.3 is 9.39 Å². The van der Waals surface area contributed by atoms with Crippen LogP contribution in [0.2, 0.25) is 0 Å². The topological polar surface area (TPSA) is 98.7 Å². The van der Waals surface area contributed by atoms with E-state index in [0.717, 1.165) is 17.6 Å². The van der Waals surface area contributed by atoms with Gasteiger partial charge in [-0.2, -0.15) is 5.48 Å². The van der Waals surface area contributed by atoms with Crippen LogP contribution in [0.5, 0.6) is 5.75 Å². The monoisotopic (exact) mass is 507 g/mol. The smallest absolute Gasteiger partial charge is 0.726 e. The summed E-state index contributed by atoms with van der Waals surface area (Å²) in [5, 5.41) is 2.31. The van der Waals surface area contributed by atoms with Crippen molar-refractivity contribution in [1.29, 1.82) is 0 Å². The first-order valence-corrected chi connectivity index (χ1v) is 9.32. The van der Waals surface area contributed by atoms with Crippen LogP contribution in [0.3, 0.4) is 0 Å². The fraction of sp³-hybridized carbons (Fsp3) is 0.158. The van der Waals surface area contributed by atoms with E-state index in [-0.39, 0.29) is 74.9 Å². The molecule has 0 bridgehead atoms. The summed E-state index contributed by atoms with van der Waals surface area (Å²) in [6.45, 7) is 2.12. The van der Waals surface area contributed by atoms with Crippen LogP contribution in [-0.4, -0.2) is 23.6 Å². The summed E-state index contributed by atoms with van der Waals surface area (Å²) in [5.74, 6) is 0.869. The van der Waals surface area contributed by atoms with Crippen LogP contribution in [0.25, 0.3) is 10.8 Å². The van der Waals surface area contributed by atoms with Gasteiger partial charge in [-0.3, -0.25) is 4.55 Å². The zero-order valence-electron chi connectivity index (χ0n) is 15.2. The Kier molecular flexibility index (Phi) is 11.2. The first kappa shape index (κ1) is 24.6. The Morgan fingerprint density at radius 1 is 1.00 bits per heavy atom. The van der Waals surface area contributed by atoms with Gasteiger partial charge in [-0.25, -0.2) is 8.42 Å². The first-order chi connectivity index (χ1) is 12.3. The van der Waals surface area contributed by atoms with E-state index in [1.54, 1.807) is 0 Å². The Balaban J connectivity index is 0.000000542. The minimum Gasteiger partial charge on any atom is -0.726 e. The number of rotatable bonds is 5. The Hall–Kier alpha value is -0.398. The number of hydrogen-bond acceptors (Lipinski definition) is 5. The minimum absolute atomic E-state index is 0. The van der Waals surface area contributed by atoms with Crippen LogP contribution in [0, 0.1) is 0 Å². The molecule has 0 aromatic heterocycles. The van der Waals surface area contributed by atoms with Crippen molar-refractivity contribution in [2.24, 2.45) is 0 Å². The molecule has 138 valence electrons. The number of hydrogen-bond donors (Lipinski definition) is 2. The van der Waals surface area contributed by atoms with Gasteiger partial charge in [0.1, 0.15) is 0 Å². The molecule has 0 heterocycles. The van der Waals surface area contributed by atoms with E-state index in [1.165, 1.54) is 10.9 Å². The molecular weight excluding hydrogens is 487 g/mol. The van der Waals surface area contributed by atoms with Crippen LogP contribution in [0.15, 0.2) is 72.8 Å². The van der Waals surface area contributed by atoms with Crippen molar-refractivity contribution in [2.45, 2.75) is 19.4 Å². The summed E-state index contributed by atoms with van der Waals surface area (Å²) in [6, 6.07) is 25.0. The van der Waals surface area contributed by atoms with Crippen LogP contribution >= 0.6 is 0 Å². The van der Waals surface area contributed by atoms with Gasteiger partial charge in [0.2, 0.25) is 10.4 Å². The van der Waals surface area contributed by atoms with Crippen LogP contribution in [0.1, 0.15) is 12.5 Å². The third-order valence-electron chi connectivity index (χ3n) is 3.50. The third kappa shape index (κ3) is 10.1. The summed E-state index contributed by atoms with van der Waals surface area (Å²) in [5.41, 5.74) is 4.44. The second-order valence-electron chi connectivity index (χ2n) is 5.72. The molecule has 0 aliphatic heterocycles. The molecule has 2 N–H and O–H groups in total. The molecule has 0 saturated carbocycles. The zero-order valence-corrected chi connectivity index (χ0v) is 22.3. The van der Waals surface area contributed by atoms with Gasteiger partial charge in [-0.1, -0.05) is 66.7 Å². The molecule has 3 aromatic carbocycles. The number of nitrogens with one attached hydrogen (secondary N) is 1. The van der Waals surface area contributed by atoms with E-state index in [1.807, 2.05) is 30.3 Å². The SMILES string of the molecule is CC(Cc1ccccc1)NOc1cccc2ccccc12.O=S(=O)([O-])O.[Cs+]. The molecule has 0 aliphatic carbocycles. The molecule has 6 nitrogen and oxygen atoms in total. The molecule has 3 aromatic rings. The van der Waals surface area contributed by atoms with Crippen molar-refractivity contribution >= 4 is 21.2 Å². The molecule has 3 rings (SSSR count). The summed E-state index contributed by atoms with van der Waals surface area (Å²) in [4.78, 5) is 5.80. The standard InChI is InChI=1S/C19H19NO.Cs.H2O4S/c1-15(14-16-8-3-2-4-9-16)20-21-19-13-7-11-17-10-5-6-12-18(17)19;;1-5(2,3)4/h2-13,15,20H,14H2,1H3;;(H2,1,2,3,4)/q;+1;/p-1. The summed E-state index contributed by atoms with van der Waals surface area (Å²) < 4.78 is 32.8. The van der Waals surface area contributed by atoms with Crippen LogP contribution in [-0.2, 0) is 16.8 Å². The molecule has 8 heteroatoms. The van der Waals surface area contributed by atoms with Crippen molar-refractivity contribution in [3.8, 4) is 5.75 Å². The van der Waals surface area contributed by atoms with Crippen molar-refractivity contribution in [1.82, 2.24) is 5.48 Å². The molecular formula is C19H20CsNO5S. The maximum absolute atomic E-state index is 8.63. The van der Waals surface area contributed by atoms with Gasteiger partial charge in [-0.05, 0) is 30.4 Å². The summed E-state index contributed by atoms with van der Waals surface area (Å²) in [7, 11) is -4.92. The van der Waals surface area contributed by atoms with Crippen molar-refractivity contribution in [3.05, 3.63) is 78.4 Å². The van der Waals surface area contributed by atoms with Crippen molar-refractivity contribution < 1.29 is 91.3 Å². The third-order valence-corrected chi connectivity index (χ3v) is 3.50. The van der Waals surface area contributed by atoms with E-state index < -0.39 is 10.4 Å². The predicted octanol–water partition coefficient (Wildman–Crippen LogP) is 0.363. The molecule has 0 saturated heterocycles. The molecule has 1 unspecified atom stereocenters. The Bertz CT molecular complexity index is 922. The van der Waals surface area contributed by atoms with E-state index in [2.05, 4.69) is 54.9 Å². The maximum atomic E-state index is 8.63. The molecule has 0 spiro atoms. The van der Waals surface area contributed by atoms with Crippen LogP contribution in [0.4, 0.5) is 0 Å².